The standard InChI is InChI=1S/C14H18N2O2.ClH/c1-16(2,3)13(14(17)18)8-10-9-15-12-7-5-4-6-11(10)12;/h4-7,9,13,15H,8H2,1-3H3;1H/t13-;/m0./s1. The summed E-state index contributed by atoms with van der Waals surface area (Å²) in [7, 11) is 5.73. The number of quaternary nitrogens is 1. The van der Waals surface area contributed by atoms with Crippen LogP contribution in [-0.2, 0) is 11.2 Å². The van der Waals surface area contributed by atoms with Crippen LogP contribution in [-0.4, -0.2) is 47.7 Å². The molecule has 1 heterocycles. The van der Waals surface area contributed by atoms with E-state index in [2.05, 4.69) is 4.98 Å². The summed E-state index contributed by atoms with van der Waals surface area (Å²) in [5.41, 5.74) is 2.11. The van der Waals surface area contributed by atoms with Crippen molar-refractivity contribution in [2.75, 3.05) is 21.1 Å². The number of carboxylic acids is 1. The van der Waals surface area contributed by atoms with Gasteiger partial charge >= 0.3 is 5.97 Å². The molecule has 104 valence electrons. The van der Waals surface area contributed by atoms with Crippen LogP contribution in [0.3, 0.4) is 0 Å². The van der Waals surface area contributed by atoms with Crippen molar-refractivity contribution in [1.29, 1.82) is 0 Å². The molecule has 0 radical (unpaired) electrons. The van der Waals surface area contributed by atoms with Gasteiger partial charge in [0.05, 0.1) is 21.1 Å². The van der Waals surface area contributed by atoms with E-state index in [9.17, 15) is 9.90 Å². The van der Waals surface area contributed by atoms with Crippen molar-refractivity contribution >= 4 is 16.9 Å². The molecule has 0 spiro atoms. The van der Waals surface area contributed by atoms with Crippen LogP contribution in [0.2, 0.25) is 0 Å². The number of para-hydroxylation sites is 1. The molecule has 0 fully saturated rings. The maximum absolute atomic E-state index is 11.4. The Morgan fingerprint density at radius 2 is 1.95 bits per heavy atom. The third-order valence-corrected chi connectivity index (χ3v) is 3.31. The van der Waals surface area contributed by atoms with Crippen molar-refractivity contribution in [3.05, 3.63) is 36.0 Å². The number of fused-ring (bicyclic) bond motifs is 1. The van der Waals surface area contributed by atoms with E-state index >= 15 is 0 Å². The van der Waals surface area contributed by atoms with E-state index < -0.39 is 12.0 Å². The fraction of sp³-hybridized carbons (Fsp3) is 0.357. The zero-order chi connectivity index (χ0) is 13.3. The van der Waals surface area contributed by atoms with Gasteiger partial charge in [-0.05, 0) is 11.6 Å². The SMILES string of the molecule is C[N+](C)(C)[C@@H](Cc1c[nH]c2ccccc12)C(=O)O.[Cl-]. The van der Waals surface area contributed by atoms with Gasteiger partial charge in [0.25, 0.3) is 0 Å². The highest BCUT2D eigenvalue weighted by Gasteiger charge is 2.32. The largest absolute Gasteiger partial charge is 1.00 e. The predicted octanol–water partition coefficient (Wildman–Crippen LogP) is -1.13. The summed E-state index contributed by atoms with van der Waals surface area (Å²) in [4.78, 5) is 14.6. The summed E-state index contributed by atoms with van der Waals surface area (Å²) in [5, 5.41) is 10.5. The number of nitrogens with one attached hydrogen (secondary N) is 1. The highest BCUT2D eigenvalue weighted by molar-refractivity contribution is 5.84. The minimum Gasteiger partial charge on any atom is -1.00 e. The number of benzene rings is 1. The molecule has 0 bridgehead atoms. The maximum Gasteiger partial charge on any atom is 0.362 e. The number of likely N-dealkylation sites (N-methyl/N-ethyl adjacent to an activating group) is 1. The van der Waals surface area contributed by atoms with Crippen LogP contribution in [0.1, 0.15) is 5.56 Å². The third kappa shape index (κ3) is 3.28. The van der Waals surface area contributed by atoms with Gasteiger partial charge in [0.15, 0.2) is 6.04 Å². The molecule has 0 saturated heterocycles. The van der Waals surface area contributed by atoms with Crippen molar-refractivity contribution < 1.29 is 26.8 Å². The zero-order valence-electron chi connectivity index (χ0n) is 11.4. The molecule has 0 amide bonds. The molecule has 1 aromatic heterocycles. The Hall–Kier alpha value is -1.52. The number of rotatable bonds is 4. The molecule has 19 heavy (non-hydrogen) atoms. The average Bonchev–Trinajstić information content (AvgIpc) is 2.67. The van der Waals surface area contributed by atoms with E-state index in [0.717, 1.165) is 16.5 Å². The Bertz CT molecular complexity index is 572. The highest BCUT2D eigenvalue weighted by Crippen LogP contribution is 2.21. The number of aliphatic carboxylic acids is 1. The second kappa shape index (κ2) is 5.63. The molecule has 1 aromatic carbocycles. The van der Waals surface area contributed by atoms with E-state index in [1.54, 1.807) is 0 Å². The van der Waals surface area contributed by atoms with Crippen molar-refractivity contribution in [3.8, 4) is 0 Å². The van der Waals surface area contributed by atoms with Gasteiger partial charge in [-0.3, -0.25) is 0 Å². The van der Waals surface area contributed by atoms with Crippen LogP contribution in [0.4, 0.5) is 0 Å². The van der Waals surface area contributed by atoms with Crippen LogP contribution in [0, 0.1) is 0 Å². The van der Waals surface area contributed by atoms with Crippen LogP contribution in [0.5, 0.6) is 0 Å². The molecule has 5 heteroatoms. The number of halogens is 1. The molecule has 0 aliphatic rings. The van der Waals surface area contributed by atoms with Gasteiger partial charge in [0.1, 0.15) is 0 Å². The molecule has 0 aliphatic carbocycles. The lowest BCUT2D eigenvalue weighted by atomic mass is 10.0. The Balaban J connectivity index is 0.00000180. The normalized spacial score (nSPS) is 13.0. The van der Waals surface area contributed by atoms with Gasteiger partial charge < -0.3 is 27.0 Å². The number of H-pyrrole nitrogens is 1. The lowest BCUT2D eigenvalue weighted by Gasteiger charge is -2.31. The second-order valence-electron chi connectivity index (χ2n) is 5.53. The quantitative estimate of drug-likeness (QED) is 0.698. The molecule has 0 aliphatic heterocycles. The summed E-state index contributed by atoms with van der Waals surface area (Å²) in [5.74, 6) is -0.757. The smallest absolute Gasteiger partial charge is 0.362 e. The van der Waals surface area contributed by atoms with E-state index in [0.29, 0.717) is 10.9 Å². The Morgan fingerprint density at radius 3 is 2.53 bits per heavy atom. The number of aromatic nitrogens is 1. The highest BCUT2D eigenvalue weighted by atomic mass is 35.5. The fourth-order valence-electron chi connectivity index (χ4n) is 2.20. The van der Waals surface area contributed by atoms with E-state index in [1.807, 2.05) is 51.6 Å². The molecule has 2 rings (SSSR count). The van der Waals surface area contributed by atoms with Gasteiger partial charge in [-0.25, -0.2) is 4.79 Å². The predicted molar refractivity (Wildman–Crippen MR) is 71.5 cm³/mol. The molecular formula is C14H19ClN2O2. The Labute approximate surface area is 119 Å². The number of aromatic amines is 1. The first-order valence-electron chi connectivity index (χ1n) is 5.98. The monoisotopic (exact) mass is 282 g/mol. The number of hydrogen-bond acceptors (Lipinski definition) is 1. The van der Waals surface area contributed by atoms with Crippen LogP contribution in [0.15, 0.2) is 30.5 Å². The fourth-order valence-corrected chi connectivity index (χ4v) is 2.20. The Morgan fingerprint density at radius 1 is 1.32 bits per heavy atom. The molecule has 0 unspecified atom stereocenters. The molecule has 2 N–H and O–H groups in total. The van der Waals surface area contributed by atoms with E-state index in [4.69, 9.17) is 0 Å². The lowest BCUT2D eigenvalue weighted by Crippen LogP contribution is -3.00. The summed E-state index contributed by atoms with van der Waals surface area (Å²) in [6.07, 6.45) is 2.44. The summed E-state index contributed by atoms with van der Waals surface area (Å²) in [6, 6.07) is 7.53. The molecular weight excluding hydrogens is 264 g/mol. The van der Waals surface area contributed by atoms with Gasteiger partial charge in [-0.15, -0.1) is 0 Å². The first-order chi connectivity index (χ1) is 8.39. The molecule has 1 atom stereocenters. The topological polar surface area (TPSA) is 53.1 Å². The molecule has 2 aromatic rings. The first kappa shape index (κ1) is 15.5. The minimum atomic E-state index is -0.757. The maximum atomic E-state index is 11.4. The third-order valence-electron chi connectivity index (χ3n) is 3.31. The van der Waals surface area contributed by atoms with E-state index in [1.165, 1.54) is 0 Å². The second-order valence-corrected chi connectivity index (χ2v) is 5.53. The molecule has 4 nitrogen and oxygen atoms in total. The van der Waals surface area contributed by atoms with Crippen LogP contribution in [0.25, 0.3) is 10.9 Å². The van der Waals surface area contributed by atoms with Crippen molar-refractivity contribution in [1.82, 2.24) is 4.98 Å². The summed E-state index contributed by atoms with van der Waals surface area (Å²) >= 11 is 0. The molecule has 0 saturated carbocycles. The van der Waals surface area contributed by atoms with Crippen molar-refractivity contribution in [2.45, 2.75) is 12.5 Å². The van der Waals surface area contributed by atoms with Gasteiger partial charge in [0, 0.05) is 23.5 Å². The zero-order valence-corrected chi connectivity index (χ0v) is 12.1. The first-order valence-corrected chi connectivity index (χ1v) is 5.98. The van der Waals surface area contributed by atoms with Crippen molar-refractivity contribution in [3.63, 3.8) is 0 Å². The van der Waals surface area contributed by atoms with Crippen LogP contribution < -0.4 is 12.4 Å². The van der Waals surface area contributed by atoms with Crippen LogP contribution >= 0.6 is 0 Å². The lowest BCUT2D eigenvalue weighted by molar-refractivity contribution is -0.887. The van der Waals surface area contributed by atoms with E-state index in [-0.39, 0.29) is 12.4 Å². The number of hydrogen-bond donors (Lipinski definition) is 2. The summed E-state index contributed by atoms with van der Waals surface area (Å²) in [6.45, 7) is 0. The van der Waals surface area contributed by atoms with Gasteiger partial charge in [-0.2, -0.15) is 0 Å². The van der Waals surface area contributed by atoms with Gasteiger partial charge in [0.2, 0.25) is 0 Å². The Kier molecular flexibility index (Phi) is 4.61. The minimum absolute atomic E-state index is 0. The number of carboxylic acid groups (broad SMARTS) is 1. The summed E-state index contributed by atoms with van der Waals surface area (Å²) < 4.78 is 0.412. The number of nitrogens with zero attached hydrogens (tertiary/aromatic N) is 1. The number of carbonyl (C=O) groups is 1. The van der Waals surface area contributed by atoms with Crippen molar-refractivity contribution in [2.24, 2.45) is 0 Å². The van der Waals surface area contributed by atoms with Gasteiger partial charge in [-0.1, -0.05) is 18.2 Å². The average molecular weight is 283 g/mol.